The number of piperazine rings is 1. The third-order valence-corrected chi connectivity index (χ3v) is 4.63. The van der Waals surface area contributed by atoms with Gasteiger partial charge in [-0.15, -0.1) is 0 Å². The highest BCUT2D eigenvalue weighted by atomic mass is 35.5. The van der Waals surface area contributed by atoms with Crippen molar-refractivity contribution < 1.29 is 0 Å². The van der Waals surface area contributed by atoms with E-state index in [2.05, 4.69) is 17.1 Å². The molecule has 1 heterocycles. The van der Waals surface area contributed by atoms with Crippen LogP contribution in [0.5, 0.6) is 0 Å². The molecular formula is C14H18Cl2N2. The lowest BCUT2D eigenvalue weighted by Crippen LogP contribution is -2.56. The molecule has 0 aromatic heterocycles. The minimum absolute atomic E-state index is 0.428. The molecule has 2 atom stereocenters. The van der Waals surface area contributed by atoms with Crippen molar-refractivity contribution in [3.8, 4) is 0 Å². The molecule has 0 radical (unpaired) electrons. The minimum atomic E-state index is 0.428. The van der Waals surface area contributed by atoms with Crippen LogP contribution >= 0.6 is 23.2 Å². The highest BCUT2D eigenvalue weighted by molar-refractivity contribution is 6.39. The summed E-state index contributed by atoms with van der Waals surface area (Å²) in [5, 5.41) is 5.15. The van der Waals surface area contributed by atoms with Gasteiger partial charge in [-0.2, -0.15) is 0 Å². The van der Waals surface area contributed by atoms with Gasteiger partial charge in [-0.05, 0) is 37.8 Å². The van der Waals surface area contributed by atoms with Gasteiger partial charge in [0, 0.05) is 25.2 Å². The van der Waals surface area contributed by atoms with Gasteiger partial charge in [0.2, 0.25) is 0 Å². The molecule has 1 aromatic carbocycles. The van der Waals surface area contributed by atoms with Crippen LogP contribution in [0.15, 0.2) is 18.2 Å². The van der Waals surface area contributed by atoms with Crippen LogP contribution in [0.3, 0.4) is 0 Å². The molecule has 1 saturated heterocycles. The summed E-state index contributed by atoms with van der Waals surface area (Å²) >= 11 is 12.6. The van der Waals surface area contributed by atoms with Crippen molar-refractivity contribution in [2.75, 3.05) is 18.0 Å². The van der Waals surface area contributed by atoms with Crippen LogP contribution in [0.25, 0.3) is 0 Å². The predicted molar refractivity (Wildman–Crippen MR) is 77.8 cm³/mol. The molecule has 1 aromatic rings. The van der Waals surface area contributed by atoms with Gasteiger partial charge in [0.25, 0.3) is 0 Å². The molecule has 1 saturated carbocycles. The molecule has 2 nitrogen and oxygen atoms in total. The smallest absolute Gasteiger partial charge is 0.0748 e. The second-order valence-electron chi connectivity index (χ2n) is 5.42. The fourth-order valence-corrected chi connectivity index (χ4v) is 3.39. The zero-order valence-corrected chi connectivity index (χ0v) is 12.0. The third kappa shape index (κ3) is 2.34. The van der Waals surface area contributed by atoms with E-state index in [4.69, 9.17) is 23.2 Å². The first-order valence-electron chi connectivity index (χ1n) is 6.61. The lowest BCUT2D eigenvalue weighted by atomic mass is 10.1. The molecule has 0 spiro atoms. The van der Waals surface area contributed by atoms with E-state index in [1.54, 1.807) is 0 Å². The summed E-state index contributed by atoms with van der Waals surface area (Å²) in [5.41, 5.74) is 1.00. The Morgan fingerprint density at radius 3 is 2.50 bits per heavy atom. The van der Waals surface area contributed by atoms with E-state index < -0.39 is 0 Å². The normalized spacial score (nSPS) is 28.5. The number of halogens is 2. The van der Waals surface area contributed by atoms with Crippen LogP contribution < -0.4 is 10.2 Å². The van der Waals surface area contributed by atoms with Crippen molar-refractivity contribution in [3.63, 3.8) is 0 Å². The fraction of sp³-hybridized carbons (Fsp3) is 0.571. The van der Waals surface area contributed by atoms with Crippen LogP contribution in [-0.4, -0.2) is 25.2 Å². The fourth-order valence-electron chi connectivity index (χ4n) is 2.78. The third-order valence-electron chi connectivity index (χ3n) is 4.02. The Morgan fingerprint density at radius 1 is 1.22 bits per heavy atom. The van der Waals surface area contributed by atoms with Crippen LogP contribution in [0.4, 0.5) is 5.69 Å². The van der Waals surface area contributed by atoms with E-state index in [1.807, 2.05) is 18.2 Å². The van der Waals surface area contributed by atoms with E-state index in [1.165, 1.54) is 12.8 Å². The lowest BCUT2D eigenvalue weighted by Gasteiger charge is -2.41. The van der Waals surface area contributed by atoms with Crippen LogP contribution in [0.1, 0.15) is 19.8 Å². The second kappa shape index (κ2) is 4.92. The Bertz CT molecular complexity index is 425. The van der Waals surface area contributed by atoms with Crippen LogP contribution in [0.2, 0.25) is 10.0 Å². The number of nitrogens with zero attached hydrogens (tertiary/aromatic N) is 1. The predicted octanol–water partition coefficient (Wildman–Crippen LogP) is 3.57. The first kappa shape index (κ1) is 12.6. The molecule has 3 rings (SSSR count). The van der Waals surface area contributed by atoms with E-state index in [9.17, 15) is 0 Å². The zero-order valence-electron chi connectivity index (χ0n) is 10.5. The maximum atomic E-state index is 6.32. The molecule has 1 N–H and O–H groups in total. The quantitative estimate of drug-likeness (QED) is 0.893. The molecule has 2 fully saturated rings. The van der Waals surface area contributed by atoms with Gasteiger partial charge < -0.3 is 10.2 Å². The Hall–Kier alpha value is -0.440. The van der Waals surface area contributed by atoms with Crippen LogP contribution in [-0.2, 0) is 0 Å². The topological polar surface area (TPSA) is 15.3 Å². The largest absolute Gasteiger partial charge is 0.364 e. The van der Waals surface area contributed by atoms with E-state index >= 15 is 0 Å². The summed E-state index contributed by atoms with van der Waals surface area (Å²) < 4.78 is 0. The van der Waals surface area contributed by atoms with Crippen molar-refractivity contribution >= 4 is 28.9 Å². The Balaban J connectivity index is 1.88. The molecule has 2 aliphatic rings. The van der Waals surface area contributed by atoms with Gasteiger partial charge in [0.15, 0.2) is 0 Å². The maximum Gasteiger partial charge on any atom is 0.0748 e. The standard InChI is InChI=1S/C14H18Cl2N2/c1-9-7-17-13(10-5-6-10)8-18(9)14-11(15)3-2-4-12(14)16/h2-4,9-10,13,17H,5-8H2,1H3. The first-order chi connectivity index (χ1) is 8.66. The molecule has 4 heteroatoms. The molecule has 0 bridgehead atoms. The first-order valence-corrected chi connectivity index (χ1v) is 7.36. The summed E-state index contributed by atoms with van der Waals surface area (Å²) in [6, 6.07) is 6.76. The van der Waals surface area contributed by atoms with E-state index in [0.717, 1.165) is 34.7 Å². The van der Waals surface area contributed by atoms with Gasteiger partial charge in [-0.1, -0.05) is 29.3 Å². The maximum absolute atomic E-state index is 6.32. The summed E-state index contributed by atoms with van der Waals surface area (Å²) in [6.45, 7) is 4.23. The summed E-state index contributed by atoms with van der Waals surface area (Å²) in [5.74, 6) is 0.848. The van der Waals surface area contributed by atoms with Crippen molar-refractivity contribution in [1.29, 1.82) is 0 Å². The van der Waals surface area contributed by atoms with Crippen molar-refractivity contribution in [3.05, 3.63) is 28.2 Å². The number of para-hydroxylation sites is 1. The van der Waals surface area contributed by atoms with Crippen LogP contribution in [0, 0.1) is 5.92 Å². The monoisotopic (exact) mass is 284 g/mol. The van der Waals surface area contributed by atoms with Gasteiger partial charge >= 0.3 is 0 Å². The average molecular weight is 285 g/mol. The second-order valence-corrected chi connectivity index (χ2v) is 6.24. The van der Waals surface area contributed by atoms with E-state index in [-0.39, 0.29) is 0 Å². The van der Waals surface area contributed by atoms with Crippen molar-refractivity contribution in [2.24, 2.45) is 5.92 Å². The van der Waals surface area contributed by atoms with Gasteiger partial charge in [-0.25, -0.2) is 0 Å². The number of hydrogen-bond donors (Lipinski definition) is 1. The zero-order chi connectivity index (χ0) is 12.7. The number of hydrogen-bond acceptors (Lipinski definition) is 2. The number of anilines is 1. The van der Waals surface area contributed by atoms with Gasteiger partial charge in [-0.3, -0.25) is 0 Å². The molecule has 18 heavy (non-hydrogen) atoms. The highest BCUT2D eigenvalue weighted by Crippen LogP contribution is 2.39. The Kier molecular flexibility index (Phi) is 3.44. The average Bonchev–Trinajstić information content (AvgIpc) is 3.15. The Morgan fingerprint density at radius 2 is 1.89 bits per heavy atom. The molecular weight excluding hydrogens is 267 g/mol. The number of benzene rings is 1. The Labute approximate surface area is 118 Å². The van der Waals surface area contributed by atoms with Crippen molar-refractivity contribution in [1.82, 2.24) is 5.32 Å². The number of rotatable bonds is 2. The minimum Gasteiger partial charge on any atom is -0.364 e. The van der Waals surface area contributed by atoms with Gasteiger partial charge in [0.1, 0.15) is 0 Å². The van der Waals surface area contributed by atoms with Crippen molar-refractivity contribution in [2.45, 2.75) is 31.8 Å². The SMILES string of the molecule is CC1CNC(C2CC2)CN1c1c(Cl)cccc1Cl. The summed E-state index contributed by atoms with van der Waals surface area (Å²) in [7, 11) is 0. The highest BCUT2D eigenvalue weighted by Gasteiger charge is 2.36. The summed E-state index contributed by atoms with van der Waals surface area (Å²) in [6.07, 6.45) is 2.71. The molecule has 1 aliphatic carbocycles. The van der Waals surface area contributed by atoms with Gasteiger partial charge in [0.05, 0.1) is 15.7 Å². The molecule has 98 valence electrons. The lowest BCUT2D eigenvalue weighted by molar-refractivity contribution is 0.376. The molecule has 0 amide bonds. The van der Waals surface area contributed by atoms with E-state index in [0.29, 0.717) is 12.1 Å². The number of nitrogens with one attached hydrogen (secondary N) is 1. The molecule has 2 unspecified atom stereocenters. The molecule has 1 aliphatic heterocycles. The summed E-state index contributed by atoms with van der Waals surface area (Å²) in [4.78, 5) is 2.37.